The van der Waals surface area contributed by atoms with Crippen LogP contribution < -0.4 is 0 Å². The van der Waals surface area contributed by atoms with E-state index in [0.717, 1.165) is 51.4 Å². The molecule has 0 radical (unpaired) electrons. The molecule has 4 nitrogen and oxygen atoms in total. The fourth-order valence-electron chi connectivity index (χ4n) is 11.7. The summed E-state index contributed by atoms with van der Waals surface area (Å²) < 4.78 is 12.4. The molecule has 5 aliphatic carbocycles. The van der Waals surface area contributed by atoms with Gasteiger partial charge in [0.1, 0.15) is 11.7 Å². The highest BCUT2D eigenvalue weighted by Crippen LogP contribution is 2.79. The molecule has 2 bridgehead atoms. The molecular weight excluding hydrogens is 436 g/mol. The molecule has 0 amide bonds. The van der Waals surface area contributed by atoms with Gasteiger partial charge in [-0.25, -0.2) is 0 Å². The minimum atomic E-state index is -0.474. The molecule has 0 aromatic heterocycles. The van der Waals surface area contributed by atoms with Gasteiger partial charge in [0.15, 0.2) is 0 Å². The SMILES string of the molecule is CC1CCC23CCC4(C)C5(C)CCC6C(C)(C)C(OC=O)CCC6(C)C5C=CC4(OC2=O)C3C1C. The molecule has 4 heteroatoms. The smallest absolute Gasteiger partial charge is 0.313 e. The maximum atomic E-state index is 13.7. The van der Waals surface area contributed by atoms with E-state index in [0.29, 0.717) is 30.1 Å². The van der Waals surface area contributed by atoms with Crippen LogP contribution in [0.15, 0.2) is 12.2 Å². The zero-order valence-corrected chi connectivity index (χ0v) is 23.0. The second-order valence-corrected chi connectivity index (χ2v) is 15.0. The highest BCUT2D eigenvalue weighted by atomic mass is 16.6. The first-order chi connectivity index (χ1) is 16.3. The summed E-state index contributed by atoms with van der Waals surface area (Å²) in [6.45, 7) is 17.6. The lowest BCUT2D eigenvalue weighted by Crippen LogP contribution is -2.71. The maximum absolute atomic E-state index is 13.7. The molecule has 1 heterocycles. The number of carbonyl (C=O) groups is 2. The molecule has 11 atom stereocenters. The van der Waals surface area contributed by atoms with Crippen LogP contribution in [0.4, 0.5) is 0 Å². The van der Waals surface area contributed by atoms with Crippen LogP contribution in [0.2, 0.25) is 0 Å². The molecule has 0 aromatic carbocycles. The number of hydrogen-bond acceptors (Lipinski definition) is 4. The molecule has 6 rings (SSSR count). The van der Waals surface area contributed by atoms with E-state index in [1.807, 2.05) is 0 Å². The van der Waals surface area contributed by atoms with Crippen LogP contribution in [0.25, 0.3) is 0 Å². The Hall–Kier alpha value is -1.32. The van der Waals surface area contributed by atoms with E-state index in [4.69, 9.17) is 9.47 Å². The standard InChI is InChI=1S/C31H46O4/c1-19-8-14-30-17-16-29(7)28(6)13-9-21-26(3,4)23(34-18-32)11-12-27(21,5)22(28)10-15-31(29,35-25(30)33)24(30)20(19)2/h10,15,18-24H,8-9,11-14,16-17H2,1-7H3. The van der Waals surface area contributed by atoms with Crippen molar-refractivity contribution in [1.29, 1.82) is 0 Å². The summed E-state index contributed by atoms with van der Waals surface area (Å²) in [5.41, 5.74) is -0.653. The van der Waals surface area contributed by atoms with Crippen molar-refractivity contribution in [3.8, 4) is 0 Å². The van der Waals surface area contributed by atoms with E-state index in [1.54, 1.807) is 0 Å². The quantitative estimate of drug-likeness (QED) is 0.249. The molecule has 194 valence electrons. The van der Waals surface area contributed by atoms with Crippen molar-refractivity contribution < 1.29 is 19.1 Å². The highest BCUT2D eigenvalue weighted by Gasteiger charge is 2.80. The van der Waals surface area contributed by atoms with Crippen LogP contribution in [-0.4, -0.2) is 24.1 Å². The van der Waals surface area contributed by atoms with Gasteiger partial charge in [0, 0.05) is 16.7 Å². The molecule has 1 aliphatic heterocycles. The topological polar surface area (TPSA) is 52.6 Å². The van der Waals surface area contributed by atoms with Gasteiger partial charge in [0.05, 0.1) is 5.41 Å². The van der Waals surface area contributed by atoms with Crippen LogP contribution in [0, 0.1) is 56.7 Å². The van der Waals surface area contributed by atoms with Crippen molar-refractivity contribution in [1.82, 2.24) is 0 Å². The predicted octanol–water partition coefficient (Wildman–Crippen LogP) is 6.72. The fraction of sp³-hybridized carbons (Fsp3) is 0.871. The number of carbonyl (C=O) groups excluding carboxylic acids is 2. The third-order valence-corrected chi connectivity index (χ3v) is 14.0. The van der Waals surface area contributed by atoms with E-state index >= 15 is 0 Å². The van der Waals surface area contributed by atoms with Crippen LogP contribution in [0.5, 0.6) is 0 Å². The van der Waals surface area contributed by atoms with E-state index in [-0.39, 0.29) is 45.1 Å². The van der Waals surface area contributed by atoms with Crippen LogP contribution in [0.3, 0.4) is 0 Å². The van der Waals surface area contributed by atoms with Crippen molar-refractivity contribution in [3.63, 3.8) is 0 Å². The van der Waals surface area contributed by atoms with Gasteiger partial charge in [-0.2, -0.15) is 0 Å². The lowest BCUT2D eigenvalue weighted by molar-refractivity contribution is -0.246. The molecule has 11 unspecified atom stereocenters. The van der Waals surface area contributed by atoms with E-state index in [2.05, 4.69) is 60.6 Å². The second-order valence-electron chi connectivity index (χ2n) is 15.0. The summed E-state index contributed by atoms with van der Waals surface area (Å²) in [6, 6.07) is 0. The van der Waals surface area contributed by atoms with Gasteiger partial charge in [0.25, 0.3) is 6.47 Å². The molecule has 35 heavy (non-hydrogen) atoms. The van der Waals surface area contributed by atoms with Gasteiger partial charge in [-0.3, -0.25) is 9.59 Å². The summed E-state index contributed by atoms with van der Waals surface area (Å²) in [5, 5.41) is 0. The van der Waals surface area contributed by atoms with Gasteiger partial charge in [-0.05, 0) is 91.9 Å². The number of fused-ring (bicyclic) bond motifs is 4. The summed E-state index contributed by atoms with van der Waals surface area (Å²) in [7, 11) is 0. The van der Waals surface area contributed by atoms with Crippen molar-refractivity contribution in [2.24, 2.45) is 56.7 Å². The molecular formula is C31H46O4. The highest BCUT2D eigenvalue weighted by molar-refractivity contribution is 5.82. The Morgan fingerprint density at radius 1 is 0.971 bits per heavy atom. The Morgan fingerprint density at radius 3 is 2.43 bits per heavy atom. The van der Waals surface area contributed by atoms with Gasteiger partial charge < -0.3 is 9.47 Å². The molecule has 5 fully saturated rings. The van der Waals surface area contributed by atoms with Crippen LogP contribution in [-0.2, 0) is 19.1 Å². The largest absolute Gasteiger partial charge is 0.464 e. The summed E-state index contributed by atoms with van der Waals surface area (Å²) >= 11 is 0. The summed E-state index contributed by atoms with van der Waals surface area (Å²) in [4.78, 5) is 25.0. The normalized spacial score (nSPS) is 57.7. The maximum Gasteiger partial charge on any atom is 0.313 e. The second kappa shape index (κ2) is 6.95. The zero-order chi connectivity index (χ0) is 25.2. The minimum Gasteiger partial charge on any atom is -0.464 e. The Kier molecular flexibility index (Phi) is 4.78. The average Bonchev–Trinajstić information content (AvgIpc) is 2.99. The molecule has 0 aromatic rings. The molecule has 6 aliphatic rings. The van der Waals surface area contributed by atoms with E-state index in [1.165, 1.54) is 0 Å². The lowest BCUT2D eigenvalue weighted by atomic mass is 9.32. The third kappa shape index (κ3) is 2.47. The Bertz CT molecular complexity index is 984. The van der Waals surface area contributed by atoms with Crippen molar-refractivity contribution in [2.75, 3.05) is 0 Å². The van der Waals surface area contributed by atoms with Gasteiger partial charge >= 0.3 is 5.97 Å². The first-order valence-corrected chi connectivity index (χ1v) is 14.4. The number of allylic oxidation sites excluding steroid dienone is 1. The summed E-state index contributed by atoms with van der Waals surface area (Å²) in [5.74, 6) is 2.44. The monoisotopic (exact) mass is 482 g/mol. The first-order valence-electron chi connectivity index (χ1n) is 14.4. The predicted molar refractivity (Wildman–Crippen MR) is 135 cm³/mol. The lowest BCUT2D eigenvalue weighted by Gasteiger charge is -2.72. The van der Waals surface area contributed by atoms with Crippen LogP contribution in [0.1, 0.15) is 99.8 Å². The molecule has 1 saturated heterocycles. The van der Waals surface area contributed by atoms with Crippen molar-refractivity contribution >= 4 is 12.4 Å². The number of hydrogen-bond donors (Lipinski definition) is 0. The Balaban J connectivity index is 1.48. The zero-order valence-electron chi connectivity index (χ0n) is 23.0. The minimum absolute atomic E-state index is 0.00686. The van der Waals surface area contributed by atoms with Gasteiger partial charge in [0.2, 0.25) is 0 Å². The third-order valence-electron chi connectivity index (χ3n) is 14.0. The van der Waals surface area contributed by atoms with E-state index in [9.17, 15) is 9.59 Å². The molecule has 0 N–H and O–H groups in total. The number of esters is 1. The molecule has 4 saturated carbocycles. The summed E-state index contributed by atoms with van der Waals surface area (Å²) in [6.07, 6.45) is 13.4. The number of rotatable bonds is 2. The van der Waals surface area contributed by atoms with Crippen LogP contribution >= 0.6 is 0 Å². The molecule has 1 spiro atoms. The van der Waals surface area contributed by atoms with Crippen molar-refractivity contribution in [2.45, 2.75) is 112 Å². The Labute approximate surface area is 212 Å². The number of ether oxygens (including phenoxy) is 2. The van der Waals surface area contributed by atoms with Gasteiger partial charge in [-0.1, -0.05) is 54.5 Å². The average molecular weight is 483 g/mol. The van der Waals surface area contributed by atoms with Crippen molar-refractivity contribution in [3.05, 3.63) is 12.2 Å². The van der Waals surface area contributed by atoms with E-state index < -0.39 is 5.60 Å². The first kappa shape index (κ1) is 24.0. The fourth-order valence-corrected chi connectivity index (χ4v) is 11.7. The Morgan fingerprint density at radius 2 is 1.71 bits per heavy atom. The van der Waals surface area contributed by atoms with Gasteiger partial charge in [-0.15, -0.1) is 0 Å².